The Bertz CT molecular complexity index is 1210. The Morgan fingerprint density at radius 2 is 1.97 bits per heavy atom. The third kappa shape index (κ3) is 3.55. The first-order valence-corrected chi connectivity index (χ1v) is 9.44. The Morgan fingerprint density at radius 1 is 1.10 bits per heavy atom. The van der Waals surface area contributed by atoms with Crippen molar-refractivity contribution in [1.82, 2.24) is 9.97 Å². The molecule has 1 N–H and O–H groups in total. The SMILES string of the molecule is COc1ccc(Nc2ncnc3scc(-c4cccc([N+](=O)[O-])c4)c23)c(OC)c1. The first kappa shape index (κ1) is 18.6. The summed E-state index contributed by atoms with van der Waals surface area (Å²) < 4.78 is 10.7. The topological polar surface area (TPSA) is 99.4 Å². The maximum Gasteiger partial charge on any atom is 0.270 e. The molecule has 0 saturated carbocycles. The van der Waals surface area contributed by atoms with Gasteiger partial charge in [0, 0.05) is 29.1 Å². The van der Waals surface area contributed by atoms with Crippen LogP contribution < -0.4 is 14.8 Å². The van der Waals surface area contributed by atoms with Crippen LogP contribution in [0.3, 0.4) is 0 Å². The molecule has 0 aliphatic heterocycles. The number of nitrogens with zero attached hydrogens (tertiary/aromatic N) is 3. The van der Waals surface area contributed by atoms with Crippen LogP contribution in [0, 0.1) is 10.1 Å². The molecule has 0 amide bonds. The van der Waals surface area contributed by atoms with Gasteiger partial charge in [-0.05, 0) is 17.7 Å². The number of hydrogen-bond acceptors (Lipinski definition) is 8. The number of nitro benzene ring substituents is 1. The quantitative estimate of drug-likeness (QED) is 0.353. The summed E-state index contributed by atoms with van der Waals surface area (Å²) in [6.45, 7) is 0. The summed E-state index contributed by atoms with van der Waals surface area (Å²) in [5.74, 6) is 1.86. The van der Waals surface area contributed by atoms with Crippen molar-refractivity contribution in [2.75, 3.05) is 19.5 Å². The van der Waals surface area contributed by atoms with E-state index in [9.17, 15) is 10.1 Å². The van der Waals surface area contributed by atoms with E-state index in [0.29, 0.717) is 23.0 Å². The third-order valence-corrected chi connectivity index (χ3v) is 5.29. The van der Waals surface area contributed by atoms with Gasteiger partial charge in [-0.1, -0.05) is 12.1 Å². The van der Waals surface area contributed by atoms with E-state index in [1.54, 1.807) is 32.4 Å². The summed E-state index contributed by atoms with van der Waals surface area (Å²) in [6.07, 6.45) is 1.48. The molecule has 0 atom stereocenters. The fourth-order valence-electron chi connectivity index (χ4n) is 3.00. The van der Waals surface area contributed by atoms with E-state index in [-0.39, 0.29) is 5.69 Å². The van der Waals surface area contributed by atoms with Crippen molar-refractivity contribution in [1.29, 1.82) is 0 Å². The van der Waals surface area contributed by atoms with Crippen molar-refractivity contribution in [2.24, 2.45) is 0 Å². The van der Waals surface area contributed by atoms with Crippen LogP contribution in [-0.2, 0) is 0 Å². The maximum atomic E-state index is 11.2. The number of thiophene rings is 1. The van der Waals surface area contributed by atoms with Crippen molar-refractivity contribution >= 4 is 38.7 Å². The van der Waals surface area contributed by atoms with E-state index >= 15 is 0 Å². The van der Waals surface area contributed by atoms with Gasteiger partial charge in [0.1, 0.15) is 28.5 Å². The molecule has 0 radical (unpaired) electrons. The molecule has 0 aliphatic rings. The van der Waals surface area contributed by atoms with Gasteiger partial charge >= 0.3 is 0 Å². The molecular formula is C20H16N4O4S. The van der Waals surface area contributed by atoms with E-state index in [4.69, 9.17) is 9.47 Å². The van der Waals surface area contributed by atoms with E-state index < -0.39 is 4.92 Å². The molecule has 4 rings (SSSR count). The number of nitro groups is 1. The van der Waals surface area contributed by atoms with E-state index in [1.165, 1.54) is 23.7 Å². The standard InChI is InChI=1S/C20H16N4O4S/c1-27-14-6-7-16(17(9-14)28-2)23-19-18-15(10-29-20(18)22-11-21-19)12-4-3-5-13(8-12)24(25)26/h3-11H,1-2H3,(H,21,22,23). The summed E-state index contributed by atoms with van der Waals surface area (Å²) in [4.78, 5) is 20.3. The van der Waals surface area contributed by atoms with Gasteiger partial charge in [0.05, 0.1) is 30.2 Å². The molecule has 4 aromatic rings. The molecule has 2 heterocycles. The fourth-order valence-corrected chi connectivity index (χ4v) is 3.91. The van der Waals surface area contributed by atoms with Crippen LogP contribution in [0.5, 0.6) is 11.5 Å². The minimum absolute atomic E-state index is 0.0324. The Kier molecular flexibility index (Phi) is 4.96. The van der Waals surface area contributed by atoms with E-state index in [0.717, 1.165) is 21.3 Å². The van der Waals surface area contributed by atoms with Crippen LogP contribution >= 0.6 is 11.3 Å². The molecule has 29 heavy (non-hydrogen) atoms. The number of rotatable bonds is 6. The zero-order valence-electron chi connectivity index (χ0n) is 15.6. The third-order valence-electron chi connectivity index (χ3n) is 4.40. The lowest BCUT2D eigenvalue weighted by Gasteiger charge is -2.13. The molecule has 0 spiro atoms. The molecule has 146 valence electrons. The van der Waals surface area contributed by atoms with Crippen LogP contribution in [0.25, 0.3) is 21.3 Å². The lowest BCUT2D eigenvalue weighted by Crippen LogP contribution is -1.98. The number of methoxy groups -OCH3 is 2. The van der Waals surface area contributed by atoms with Gasteiger partial charge in [0.25, 0.3) is 5.69 Å². The fraction of sp³-hybridized carbons (Fsp3) is 0.100. The largest absolute Gasteiger partial charge is 0.497 e. The predicted octanol–water partition coefficient (Wildman–Crippen LogP) is 5.03. The Balaban J connectivity index is 1.82. The number of ether oxygens (including phenoxy) is 2. The van der Waals surface area contributed by atoms with Gasteiger partial charge in [-0.15, -0.1) is 11.3 Å². The maximum absolute atomic E-state index is 11.2. The molecular weight excluding hydrogens is 392 g/mol. The monoisotopic (exact) mass is 408 g/mol. The number of nitrogens with one attached hydrogen (secondary N) is 1. The Labute approximate surface area is 169 Å². The van der Waals surface area contributed by atoms with Gasteiger partial charge in [-0.2, -0.15) is 0 Å². The summed E-state index contributed by atoms with van der Waals surface area (Å²) in [6, 6.07) is 11.9. The summed E-state index contributed by atoms with van der Waals surface area (Å²) >= 11 is 1.45. The first-order valence-electron chi connectivity index (χ1n) is 8.57. The van der Waals surface area contributed by atoms with Crippen molar-refractivity contribution in [3.63, 3.8) is 0 Å². The minimum Gasteiger partial charge on any atom is -0.497 e. The van der Waals surface area contributed by atoms with E-state index in [1.807, 2.05) is 23.6 Å². The van der Waals surface area contributed by atoms with Gasteiger partial charge in [-0.25, -0.2) is 9.97 Å². The van der Waals surface area contributed by atoms with Gasteiger partial charge < -0.3 is 14.8 Å². The van der Waals surface area contributed by atoms with Crippen LogP contribution in [-0.4, -0.2) is 29.1 Å². The summed E-state index contributed by atoms with van der Waals surface area (Å²) in [7, 11) is 3.17. The number of fused-ring (bicyclic) bond motifs is 1. The smallest absolute Gasteiger partial charge is 0.270 e. The Hall–Kier alpha value is -3.72. The van der Waals surface area contributed by atoms with E-state index in [2.05, 4.69) is 15.3 Å². The van der Waals surface area contributed by atoms with Crippen LogP contribution in [0.2, 0.25) is 0 Å². The molecule has 0 bridgehead atoms. The number of benzene rings is 2. The van der Waals surface area contributed by atoms with Crippen molar-refractivity contribution < 1.29 is 14.4 Å². The normalized spacial score (nSPS) is 10.7. The minimum atomic E-state index is -0.407. The zero-order chi connectivity index (χ0) is 20.4. The summed E-state index contributed by atoms with van der Waals surface area (Å²) in [5, 5.41) is 17.2. The second-order valence-corrected chi connectivity index (χ2v) is 6.91. The number of anilines is 2. The van der Waals surface area contributed by atoms with Crippen molar-refractivity contribution in [3.8, 4) is 22.6 Å². The highest BCUT2D eigenvalue weighted by molar-refractivity contribution is 7.17. The molecule has 0 saturated heterocycles. The highest BCUT2D eigenvalue weighted by Crippen LogP contribution is 2.39. The Morgan fingerprint density at radius 3 is 2.72 bits per heavy atom. The average Bonchev–Trinajstić information content (AvgIpc) is 3.19. The lowest BCUT2D eigenvalue weighted by atomic mass is 10.1. The number of non-ortho nitro benzene ring substituents is 1. The first-order chi connectivity index (χ1) is 14.1. The molecule has 0 aliphatic carbocycles. The predicted molar refractivity (Wildman–Crippen MR) is 112 cm³/mol. The summed E-state index contributed by atoms with van der Waals surface area (Å²) in [5.41, 5.74) is 2.30. The molecule has 9 heteroatoms. The van der Waals surface area contributed by atoms with Crippen molar-refractivity contribution in [3.05, 3.63) is 64.3 Å². The molecule has 0 unspecified atom stereocenters. The molecule has 8 nitrogen and oxygen atoms in total. The molecule has 2 aromatic heterocycles. The highest BCUT2D eigenvalue weighted by Gasteiger charge is 2.16. The van der Waals surface area contributed by atoms with Gasteiger partial charge in [0.15, 0.2) is 0 Å². The number of hydrogen-bond donors (Lipinski definition) is 1. The van der Waals surface area contributed by atoms with Gasteiger partial charge in [-0.3, -0.25) is 10.1 Å². The highest BCUT2D eigenvalue weighted by atomic mass is 32.1. The zero-order valence-corrected chi connectivity index (χ0v) is 16.4. The van der Waals surface area contributed by atoms with Crippen LogP contribution in [0.1, 0.15) is 0 Å². The molecule has 0 fully saturated rings. The second-order valence-electron chi connectivity index (χ2n) is 6.05. The molecule has 2 aromatic carbocycles. The van der Waals surface area contributed by atoms with Gasteiger partial charge in [0.2, 0.25) is 0 Å². The number of aromatic nitrogens is 2. The van der Waals surface area contributed by atoms with Crippen LogP contribution in [0.4, 0.5) is 17.2 Å². The van der Waals surface area contributed by atoms with Crippen molar-refractivity contribution in [2.45, 2.75) is 0 Å². The lowest BCUT2D eigenvalue weighted by molar-refractivity contribution is -0.384. The van der Waals surface area contributed by atoms with Crippen LogP contribution in [0.15, 0.2) is 54.2 Å². The average molecular weight is 408 g/mol. The second kappa shape index (κ2) is 7.72.